The van der Waals surface area contributed by atoms with E-state index in [4.69, 9.17) is 10.5 Å². The number of unbranched alkanes of at least 4 members (excludes halogenated alkanes) is 1. The third-order valence-corrected chi connectivity index (χ3v) is 4.96. The largest absolute Gasteiger partial charge is 0.462 e. The Kier molecular flexibility index (Phi) is 7.18. The van der Waals surface area contributed by atoms with Gasteiger partial charge in [0.2, 0.25) is 15.9 Å². The van der Waals surface area contributed by atoms with Crippen molar-refractivity contribution < 1.29 is 22.7 Å². The highest BCUT2D eigenvalue weighted by Crippen LogP contribution is 2.17. The predicted octanol–water partition coefficient (Wildman–Crippen LogP) is 1.14. The van der Waals surface area contributed by atoms with Crippen molar-refractivity contribution in [3.63, 3.8) is 0 Å². The average Bonchev–Trinajstić information content (AvgIpc) is 2.51. The van der Waals surface area contributed by atoms with Gasteiger partial charge in [0, 0.05) is 6.54 Å². The zero-order chi connectivity index (χ0) is 17.5. The minimum Gasteiger partial charge on any atom is -0.462 e. The molecule has 8 heteroatoms. The highest BCUT2D eigenvalue weighted by atomic mass is 32.2. The van der Waals surface area contributed by atoms with Gasteiger partial charge in [0.25, 0.3) is 0 Å². The van der Waals surface area contributed by atoms with Crippen LogP contribution in [0.2, 0.25) is 0 Å². The Labute approximate surface area is 136 Å². The Morgan fingerprint density at radius 1 is 1.17 bits per heavy atom. The monoisotopic (exact) mass is 342 g/mol. The number of carbonyl (C=O) groups is 2. The molecule has 2 N–H and O–H groups in total. The molecule has 23 heavy (non-hydrogen) atoms. The van der Waals surface area contributed by atoms with Gasteiger partial charge in [-0.3, -0.25) is 4.79 Å². The number of amides is 1. The SMILES string of the molecule is CCCCN(CC(N)=O)S(=O)(=O)c1ccc(C(=O)OCC)cc1. The van der Waals surface area contributed by atoms with Crippen LogP contribution in [0.5, 0.6) is 0 Å². The number of carbonyl (C=O) groups excluding carboxylic acids is 2. The van der Waals surface area contributed by atoms with E-state index < -0.39 is 21.9 Å². The molecule has 1 aromatic rings. The lowest BCUT2D eigenvalue weighted by Crippen LogP contribution is -2.39. The summed E-state index contributed by atoms with van der Waals surface area (Å²) in [6.07, 6.45) is 1.40. The molecule has 0 unspecified atom stereocenters. The van der Waals surface area contributed by atoms with Gasteiger partial charge in [0.05, 0.1) is 23.6 Å². The van der Waals surface area contributed by atoms with Crippen LogP contribution in [0.25, 0.3) is 0 Å². The van der Waals surface area contributed by atoms with Gasteiger partial charge in [-0.2, -0.15) is 4.31 Å². The molecule has 0 aromatic heterocycles. The second kappa shape index (κ2) is 8.64. The molecule has 7 nitrogen and oxygen atoms in total. The molecule has 0 saturated heterocycles. The van der Waals surface area contributed by atoms with E-state index in [-0.39, 0.29) is 30.2 Å². The number of nitrogens with two attached hydrogens (primary N) is 1. The van der Waals surface area contributed by atoms with E-state index in [2.05, 4.69) is 0 Å². The normalized spacial score (nSPS) is 11.4. The van der Waals surface area contributed by atoms with Crippen LogP contribution in [0, 0.1) is 0 Å². The number of esters is 1. The number of hydrogen-bond donors (Lipinski definition) is 1. The fourth-order valence-corrected chi connectivity index (χ4v) is 3.36. The van der Waals surface area contributed by atoms with Crippen molar-refractivity contribution in [1.82, 2.24) is 4.31 Å². The number of ether oxygens (including phenoxy) is 1. The van der Waals surface area contributed by atoms with Gasteiger partial charge in [-0.05, 0) is 37.6 Å². The topological polar surface area (TPSA) is 107 Å². The maximum absolute atomic E-state index is 12.6. The minimum absolute atomic E-state index is 0.00269. The van der Waals surface area contributed by atoms with Gasteiger partial charge < -0.3 is 10.5 Å². The number of primary amides is 1. The third-order valence-electron chi connectivity index (χ3n) is 3.10. The first-order valence-electron chi connectivity index (χ1n) is 7.38. The number of sulfonamides is 1. The molecule has 0 aliphatic heterocycles. The van der Waals surface area contributed by atoms with E-state index in [1.54, 1.807) is 6.92 Å². The Bertz CT molecular complexity index is 640. The summed E-state index contributed by atoms with van der Waals surface area (Å²) in [6.45, 7) is 3.68. The van der Waals surface area contributed by atoms with E-state index in [9.17, 15) is 18.0 Å². The molecule has 0 fully saturated rings. The summed E-state index contributed by atoms with van der Waals surface area (Å²) in [4.78, 5) is 22.7. The Hall–Kier alpha value is -1.93. The zero-order valence-corrected chi connectivity index (χ0v) is 14.1. The van der Waals surface area contributed by atoms with E-state index >= 15 is 0 Å². The fraction of sp³-hybridized carbons (Fsp3) is 0.467. The highest BCUT2D eigenvalue weighted by molar-refractivity contribution is 7.89. The first-order chi connectivity index (χ1) is 10.8. The van der Waals surface area contributed by atoms with Crippen molar-refractivity contribution >= 4 is 21.9 Å². The van der Waals surface area contributed by atoms with Gasteiger partial charge in [-0.25, -0.2) is 13.2 Å². The molecule has 0 heterocycles. The van der Waals surface area contributed by atoms with Crippen molar-refractivity contribution in [1.29, 1.82) is 0 Å². The molecular weight excluding hydrogens is 320 g/mol. The van der Waals surface area contributed by atoms with Crippen molar-refractivity contribution in [3.8, 4) is 0 Å². The standard InChI is InChI=1S/C15H22N2O5S/c1-3-5-10-17(11-14(16)18)23(20,21)13-8-6-12(7-9-13)15(19)22-4-2/h6-9H,3-5,10-11H2,1-2H3,(H2,16,18). The van der Waals surface area contributed by atoms with Crippen LogP contribution in [0.4, 0.5) is 0 Å². The van der Waals surface area contributed by atoms with E-state index in [0.717, 1.165) is 10.7 Å². The molecule has 0 radical (unpaired) electrons. The summed E-state index contributed by atoms with van der Waals surface area (Å²) in [6, 6.07) is 5.41. The number of nitrogens with zero attached hydrogens (tertiary/aromatic N) is 1. The van der Waals surface area contributed by atoms with Crippen LogP contribution in [0.3, 0.4) is 0 Å². The quantitative estimate of drug-likeness (QED) is 0.677. The molecule has 0 bridgehead atoms. The van der Waals surface area contributed by atoms with Crippen molar-refractivity contribution in [2.24, 2.45) is 5.73 Å². The second-order valence-electron chi connectivity index (χ2n) is 4.90. The lowest BCUT2D eigenvalue weighted by molar-refractivity contribution is -0.118. The summed E-state index contributed by atoms with van der Waals surface area (Å²) in [7, 11) is -3.84. The number of benzene rings is 1. The number of hydrogen-bond acceptors (Lipinski definition) is 5. The van der Waals surface area contributed by atoms with Crippen LogP contribution in [0.1, 0.15) is 37.0 Å². The first-order valence-corrected chi connectivity index (χ1v) is 8.82. The molecule has 0 aliphatic carbocycles. The summed E-state index contributed by atoms with van der Waals surface area (Å²) in [5.41, 5.74) is 5.40. The first kappa shape index (κ1) is 19.1. The minimum atomic E-state index is -3.84. The molecule has 128 valence electrons. The van der Waals surface area contributed by atoms with Gasteiger partial charge in [-0.15, -0.1) is 0 Å². The molecule has 1 aromatic carbocycles. The fourth-order valence-electron chi connectivity index (χ4n) is 1.92. The van der Waals surface area contributed by atoms with Gasteiger partial charge in [-0.1, -0.05) is 13.3 Å². The van der Waals surface area contributed by atoms with E-state index in [0.29, 0.717) is 6.42 Å². The Balaban J connectivity index is 3.04. The van der Waals surface area contributed by atoms with Crippen molar-refractivity contribution in [2.45, 2.75) is 31.6 Å². The van der Waals surface area contributed by atoms with Crippen LogP contribution >= 0.6 is 0 Å². The molecular formula is C15H22N2O5S. The lowest BCUT2D eigenvalue weighted by atomic mass is 10.2. The van der Waals surface area contributed by atoms with E-state index in [1.165, 1.54) is 24.3 Å². The summed E-state index contributed by atoms with van der Waals surface area (Å²) in [5, 5.41) is 0. The molecule has 1 rings (SSSR count). The Morgan fingerprint density at radius 2 is 1.78 bits per heavy atom. The van der Waals surface area contributed by atoms with E-state index in [1.807, 2.05) is 6.92 Å². The van der Waals surface area contributed by atoms with Crippen LogP contribution < -0.4 is 5.73 Å². The predicted molar refractivity (Wildman–Crippen MR) is 85.3 cm³/mol. The van der Waals surface area contributed by atoms with Gasteiger partial charge >= 0.3 is 5.97 Å². The maximum Gasteiger partial charge on any atom is 0.338 e. The molecule has 0 atom stereocenters. The average molecular weight is 342 g/mol. The second-order valence-corrected chi connectivity index (χ2v) is 6.84. The maximum atomic E-state index is 12.6. The van der Waals surface area contributed by atoms with Crippen molar-refractivity contribution in [2.75, 3.05) is 19.7 Å². The smallest absolute Gasteiger partial charge is 0.338 e. The van der Waals surface area contributed by atoms with Crippen molar-refractivity contribution in [3.05, 3.63) is 29.8 Å². The molecule has 0 saturated carbocycles. The summed E-state index contributed by atoms with van der Waals surface area (Å²) >= 11 is 0. The van der Waals surface area contributed by atoms with Gasteiger partial charge in [0.15, 0.2) is 0 Å². The van der Waals surface area contributed by atoms with Crippen LogP contribution in [-0.4, -0.2) is 44.3 Å². The zero-order valence-electron chi connectivity index (χ0n) is 13.3. The molecule has 1 amide bonds. The summed E-state index contributed by atoms with van der Waals surface area (Å²) < 4.78 is 31.1. The van der Waals surface area contributed by atoms with Crippen LogP contribution in [0.15, 0.2) is 29.2 Å². The molecule has 0 spiro atoms. The molecule has 0 aliphatic rings. The van der Waals surface area contributed by atoms with Gasteiger partial charge in [0.1, 0.15) is 0 Å². The Morgan fingerprint density at radius 3 is 2.26 bits per heavy atom. The highest BCUT2D eigenvalue weighted by Gasteiger charge is 2.25. The number of rotatable bonds is 9. The van der Waals surface area contributed by atoms with Crippen LogP contribution in [-0.2, 0) is 19.6 Å². The summed E-state index contributed by atoms with van der Waals surface area (Å²) in [5.74, 6) is -1.23. The lowest BCUT2D eigenvalue weighted by Gasteiger charge is -2.20. The third kappa shape index (κ3) is 5.33.